The van der Waals surface area contributed by atoms with Crippen molar-refractivity contribution in [2.45, 2.75) is 24.8 Å². The van der Waals surface area contributed by atoms with Crippen molar-refractivity contribution >= 4 is 28.5 Å². The highest BCUT2D eigenvalue weighted by Crippen LogP contribution is 2.44. The molecule has 5 rings (SSSR count). The number of thiophene rings is 1. The summed E-state index contributed by atoms with van der Waals surface area (Å²) in [5.74, 6) is -0.00875. The molecule has 2 unspecified atom stereocenters. The molecule has 1 aliphatic heterocycles. The summed E-state index contributed by atoms with van der Waals surface area (Å²) in [6, 6.07) is 18.2. The van der Waals surface area contributed by atoms with Crippen molar-refractivity contribution < 1.29 is 9.18 Å². The zero-order valence-electron chi connectivity index (χ0n) is 15.1. The molecule has 2 atom stereocenters. The van der Waals surface area contributed by atoms with E-state index < -0.39 is 0 Å². The van der Waals surface area contributed by atoms with E-state index in [9.17, 15) is 9.18 Å². The minimum atomic E-state index is -0.376. The second-order valence-electron chi connectivity index (χ2n) is 7.24. The number of carbonyl (C=O) groups is 1. The third-order valence-corrected chi connectivity index (χ3v) is 6.47. The lowest BCUT2D eigenvalue weighted by Crippen LogP contribution is -2.26. The monoisotopic (exact) mass is 390 g/mol. The van der Waals surface area contributed by atoms with Gasteiger partial charge in [-0.25, -0.2) is 4.39 Å². The third-order valence-electron chi connectivity index (χ3n) is 5.44. The van der Waals surface area contributed by atoms with Gasteiger partial charge in [0.2, 0.25) is 0 Å². The van der Waals surface area contributed by atoms with E-state index >= 15 is 0 Å². The average molecular weight is 390 g/mol. The quantitative estimate of drug-likeness (QED) is 0.575. The molecule has 1 aromatic heterocycles. The topological polar surface area (TPSA) is 41.1 Å². The molecule has 0 spiro atoms. The van der Waals surface area contributed by atoms with Gasteiger partial charge in [0.25, 0.3) is 0 Å². The minimum Gasteiger partial charge on any atom is -0.372 e. The Balaban J connectivity index is 1.64. The molecule has 2 N–H and O–H groups in total. The smallest absolute Gasteiger partial charge is 0.163 e. The van der Waals surface area contributed by atoms with Crippen molar-refractivity contribution in [1.82, 2.24) is 0 Å². The number of Topliss-reactive ketones (excluding diaryl/α,β-unsaturated/α-hetero) is 1. The number of rotatable bonds is 2. The summed E-state index contributed by atoms with van der Waals surface area (Å²) in [5.41, 5.74) is 4.25. The molecule has 0 bridgehead atoms. The fraction of sp³-hybridized carbons (Fsp3) is 0.174. The van der Waals surface area contributed by atoms with Gasteiger partial charge in [0.05, 0.1) is 17.4 Å². The number of carbonyl (C=O) groups excluding carboxylic acids is 1. The summed E-state index contributed by atoms with van der Waals surface area (Å²) < 4.78 is 13.9. The Bertz CT molecular complexity index is 1070. The number of hydrogen-bond acceptors (Lipinski definition) is 4. The number of benzene rings is 2. The fourth-order valence-corrected chi connectivity index (χ4v) is 4.98. The van der Waals surface area contributed by atoms with E-state index in [1.807, 2.05) is 36.4 Å². The van der Waals surface area contributed by atoms with Gasteiger partial charge in [-0.05, 0) is 47.7 Å². The van der Waals surface area contributed by atoms with Crippen LogP contribution in [0.5, 0.6) is 0 Å². The minimum absolute atomic E-state index is 0.113. The fourth-order valence-electron chi connectivity index (χ4n) is 4.15. The Morgan fingerprint density at radius 1 is 0.964 bits per heavy atom. The highest BCUT2D eigenvalue weighted by molar-refractivity contribution is 7.10. The van der Waals surface area contributed by atoms with Gasteiger partial charge in [-0.3, -0.25) is 4.79 Å². The van der Waals surface area contributed by atoms with Crippen molar-refractivity contribution in [3.05, 3.63) is 93.6 Å². The number of anilines is 2. The van der Waals surface area contributed by atoms with E-state index in [4.69, 9.17) is 0 Å². The number of ketones is 1. The summed E-state index contributed by atoms with van der Waals surface area (Å²) >= 11 is 1.69. The lowest BCUT2D eigenvalue weighted by Gasteiger charge is -2.29. The van der Waals surface area contributed by atoms with E-state index in [0.29, 0.717) is 6.42 Å². The van der Waals surface area contributed by atoms with Gasteiger partial charge >= 0.3 is 0 Å². The maximum Gasteiger partial charge on any atom is 0.163 e. The van der Waals surface area contributed by atoms with Crippen LogP contribution < -0.4 is 10.6 Å². The van der Waals surface area contributed by atoms with E-state index in [1.54, 1.807) is 17.4 Å². The standard InChI is InChI=1S/C23H19FN2OS/c24-16-6-3-5-14(11-16)23-22-19(25-17-7-1-2-8-18(17)26-23)12-15(13-20(22)27)21-9-4-10-28-21/h1-11,15,23,25-26H,12-13H2. The van der Waals surface area contributed by atoms with Gasteiger partial charge in [-0.15, -0.1) is 11.3 Å². The lowest BCUT2D eigenvalue weighted by atomic mass is 9.81. The molecule has 2 aliphatic rings. The third kappa shape index (κ3) is 3.02. The molecule has 1 aliphatic carbocycles. The van der Waals surface area contributed by atoms with Crippen LogP contribution in [-0.4, -0.2) is 5.78 Å². The van der Waals surface area contributed by atoms with Gasteiger partial charge in [0.1, 0.15) is 5.82 Å². The Labute approximate surface area is 166 Å². The van der Waals surface area contributed by atoms with Crippen molar-refractivity contribution in [1.29, 1.82) is 0 Å². The van der Waals surface area contributed by atoms with Crippen LogP contribution in [0.25, 0.3) is 0 Å². The summed E-state index contributed by atoms with van der Waals surface area (Å²) in [6.45, 7) is 0. The van der Waals surface area contributed by atoms with Crippen LogP contribution in [0.15, 0.2) is 77.3 Å². The molecule has 2 heterocycles. The van der Waals surface area contributed by atoms with Gasteiger partial charge < -0.3 is 10.6 Å². The first-order valence-electron chi connectivity index (χ1n) is 9.37. The van der Waals surface area contributed by atoms with Crippen molar-refractivity contribution in [2.75, 3.05) is 10.6 Å². The highest BCUT2D eigenvalue weighted by Gasteiger charge is 2.36. The molecule has 0 radical (unpaired) electrons. The van der Waals surface area contributed by atoms with Crippen LogP contribution in [0.3, 0.4) is 0 Å². The van der Waals surface area contributed by atoms with Crippen LogP contribution in [0, 0.1) is 5.82 Å². The largest absolute Gasteiger partial charge is 0.372 e. The summed E-state index contributed by atoms with van der Waals surface area (Å²) in [7, 11) is 0. The first-order chi connectivity index (χ1) is 13.7. The van der Waals surface area contributed by atoms with E-state index in [2.05, 4.69) is 22.1 Å². The van der Waals surface area contributed by atoms with E-state index in [1.165, 1.54) is 17.0 Å². The molecule has 0 saturated heterocycles. The zero-order valence-corrected chi connectivity index (χ0v) is 15.9. The second-order valence-corrected chi connectivity index (χ2v) is 8.22. The Morgan fingerprint density at radius 2 is 1.82 bits per heavy atom. The predicted octanol–water partition coefficient (Wildman–Crippen LogP) is 5.87. The number of allylic oxidation sites excluding steroid dienone is 1. The van der Waals surface area contributed by atoms with Crippen molar-refractivity contribution in [3.8, 4) is 0 Å². The van der Waals surface area contributed by atoms with E-state index in [-0.39, 0.29) is 23.6 Å². The first kappa shape index (κ1) is 17.2. The molecule has 28 heavy (non-hydrogen) atoms. The highest BCUT2D eigenvalue weighted by atomic mass is 32.1. The normalized spacial score (nSPS) is 21.2. The van der Waals surface area contributed by atoms with Crippen molar-refractivity contribution in [3.63, 3.8) is 0 Å². The maximum absolute atomic E-state index is 13.9. The Kier molecular flexibility index (Phi) is 4.24. The van der Waals surface area contributed by atoms with Gasteiger partial charge in [0.15, 0.2) is 5.78 Å². The molecule has 0 saturated carbocycles. The summed E-state index contributed by atoms with van der Waals surface area (Å²) in [4.78, 5) is 14.5. The van der Waals surface area contributed by atoms with Crippen LogP contribution >= 0.6 is 11.3 Å². The summed E-state index contributed by atoms with van der Waals surface area (Å²) in [6.07, 6.45) is 1.24. The number of hydrogen-bond donors (Lipinski definition) is 2. The number of para-hydroxylation sites is 2. The Morgan fingerprint density at radius 3 is 2.61 bits per heavy atom. The van der Waals surface area contributed by atoms with Crippen molar-refractivity contribution in [2.24, 2.45) is 0 Å². The van der Waals surface area contributed by atoms with Gasteiger partial charge in [0, 0.05) is 28.5 Å². The van der Waals surface area contributed by atoms with Gasteiger partial charge in [-0.1, -0.05) is 30.3 Å². The van der Waals surface area contributed by atoms with Crippen LogP contribution in [0.1, 0.15) is 35.2 Å². The number of halogens is 1. The SMILES string of the molecule is O=C1CC(c2cccs2)CC2=C1C(c1cccc(F)c1)Nc1ccccc1N2. The van der Waals surface area contributed by atoms with E-state index in [0.717, 1.165) is 34.6 Å². The molecular weight excluding hydrogens is 371 g/mol. The first-order valence-corrected chi connectivity index (χ1v) is 10.2. The number of fused-ring (bicyclic) bond motifs is 1. The Hall–Kier alpha value is -2.92. The van der Waals surface area contributed by atoms with Crippen LogP contribution in [0.2, 0.25) is 0 Å². The molecule has 0 amide bonds. The molecular formula is C23H19FN2OS. The predicted molar refractivity (Wildman–Crippen MR) is 111 cm³/mol. The summed E-state index contributed by atoms with van der Waals surface area (Å²) in [5, 5.41) is 9.03. The lowest BCUT2D eigenvalue weighted by molar-refractivity contribution is -0.116. The molecule has 3 nitrogen and oxygen atoms in total. The zero-order chi connectivity index (χ0) is 19.1. The second kappa shape index (κ2) is 6.91. The van der Waals surface area contributed by atoms with Crippen LogP contribution in [-0.2, 0) is 4.79 Å². The molecule has 0 fully saturated rings. The number of nitrogens with one attached hydrogen (secondary N) is 2. The van der Waals surface area contributed by atoms with Crippen LogP contribution in [0.4, 0.5) is 15.8 Å². The molecule has 2 aromatic carbocycles. The maximum atomic E-state index is 13.9. The van der Waals surface area contributed by atoms with Gasteiger partial charge in [-0.2, -0.15) is 0 Å². The average Bonchev–Trinajstić information content (AvgIpc) is 3.17. The molecule has 3 aromatic rings. The molecule has 140 valence electrons. The molecule has 5 heteroatoms.